The zero-order chi connectivity index (χ0) is 28.8. The number of aromatic nitrogens is 2. The first-order valence-electron chi connectivity index (χ1n) is 11.1. The van der Waals surface area contributed by atoms with E-state index in [0.29, 0.717) is 13.2 Å². The van der Waals surface area contributed by atoms with Gasteiger partial charge in [-0.1, -0.05) is 30.3 Å². The molecule has 214 valence electrons. The molecule has 1 aliphatic rings. The Morgan fingerprint density at radius 3 is 1.87 bits per heavy atom. The van der Waals surface area contributed by atoms with Gasteiger partial charge in [0.15, 0.2) is 0 Å². The average Bonchev–Trinajstić information content (AvgIpc) is 3.31. The van der Waals surface area contributed by atoms with Gasteiger partial charge in [0.1, 0.15) is 5.82 Å². The zero-order valence-corrected chi connectivity index (χ0v) is 20.0. The van der Waals surface area contributed by atoms with Gasteiger partial charge in [0.05, 0.1) is 19.8 Å². The molecule has 2 heterocycles. The van der Waals surface area contributed by atoms with E-state index in [9.17, 15) is 26.3 Å². The number of carboxylic acid groups (broad SMARTS) is 2. The second-order valence-corrected chi connectivity index (χ2v) is 7.68. The molecule has 0 unspecified atom stereocenters. The van der Waals surface area contributed by atoms with Crippen molar-refractivity contribution in [3.8, 4) is 11.4 Å². The van der Waals surface area contributed by atoms with Crippen molar-refractivity contribution in [1.82, 2.24) is 19.8 Å². The number of hydrogen-bond donors (Lipinski definition) is 4. The molecule has 4 N–H and O–H groups in total. The number of hydrogen-bond acceptors (Lipinski definition) is 7. The number of halogens is 6. The summed E-state index contributed by atoms with van der Waals surface area (Å²) in [6.07, 6.45) is -8.22. The lowest BCUT2D eigenvalue weighted by Gasteiger charge is -2.34. The van der Waals surface area contributed by atoms with Crippen LogP contribution in [-0.2, 0) is 20.9 Å². The molecule has 2 aromatic rings. The molecule has 1 fully saturated rings. The van der Waals surface area contributed by atoms with Gasteiger partial charge in [-0.15, -0.1) is 0 Å². The van der Waals surface area contributed by atoms with Gasteiger partial charge >= 0.3 is 24.3 Å². The number of alkyl halides is 6. The maximum Gasteiger partial charge on any atom is 0.490 e. The normalized spacial score (nSPS) is 14.6. The topological polar surface area (TPSA) is 139 Å². The van der Waals surface area contributed by atoms with Crippen molar-refractivity contribution in [3.63, 3.8) is 0 Å². The summed E-state index contributed by atoms with van der Waals surface area (Å²) in [5.41, 5.74) is 2.28. The van der Waals surface area contributed by atoms with Crippen molar-refractivity contribution < 1.29 is 56.0 Å². The number of benzene rings is 1. The van der Waals surface area contributed by atoms with Gasteiger partial charge in [0.25, 0.3) is 0 Å². The number of aliphatic hydroxyl groups excluding tert-OH is 1. The second-order valence-electron chi connectivity index (χ2n) is 7.68. The monoisotopic (exact) mass is 558 g/mol. The van der Waals surface area contributed by atoms with Crippen LogP contribution in [0.1, 0.15) is 5.69 Å². The number of rotatable bonds is 8. The first-order chi connectivity index (χ1) is 17.7. The van der Waals surface area contributed by atoms with E-state index in [4.69, 9.17) is 29.6 Å². The number of nitrogens with one attached hydrogen (secondary N) is 1. The van der Waals surface area contributed by atoms with Crippen molar-refractivity contribution in [2.75, 3.05) is 52.5 Å². The summed E-state index contributed by atoms with van der Waals surface area (Å²) in [5, 5.41) is 22.9. The van der Waals surface area contributed by atoms with Gasteiger partial charge in [-0.05, 0) is 0 Å². The first-order valence-corrected chi connectivity index (χ1v) is 11.1. The van der Waals surface area contributed by atoms with Crippen LogP contribution in [0.4, 0.5) is 26.3 Å². The molecular weight excluding hydrogens is 530 g/mol. The molecule has 0 saturated carbocycles. The molecule has 0 atom stereocenters. The highest BCUT2D eigenvalue weighted by atomic mass is 19.4. The van der Waals surface area contributed by atoms with Crippen molar-refractivity contribution in [1.29, 1.82) is 0 Å². The summed E-state index contributed by atoms with van der Waals surface area (Å²) >= 11 is 0. The molecule has 1 aromatic carbocycles. The lowest BCUT2D eigenvalue weighted by atomic mass is 10.2. The number of ether oxygens (including phenoxy) is 1. The van der Waals surface area contributed by atoms with Gasteiger partial charge in [-0.25, -0.2) is 14.6 Å². The maximum atomic E-state index is 10.6. The average molecular weight is 558 g/mol. The van der Waals surface area contributed by atoms with Crippen LogP contribution < -0.4 is 0 Å². The van der Waals surface area contributed by atoms with E-state index in [1.54, 1.807) is 0 Å². The third-order valence-corrected chi connectivity index (χ3v) is 4.81. The Morgan fingerprint density at radius 1 is 0.895 bits per heavy atom. The fourth-order valence-electron chi connectivity index (χ4n) is 2.95. The Morgan fingerprint density at radius 2 is 1.39 bits per heavy atom. The minimum absolute atomic E-state index is 0.100. The van der Waals surface area contributed by atoms with Crippen molar-refractivity contribution in [3.05, 3.63) is 42.2 Å². The largest absolute Gasteiger partial charge is 0.490 e. The molecule has 10 nitrogen and oxygen atoms in total. The van der Waals surface area contributed by atoms with Crippen LogP contribution >= 0.6 is 0 Å². The number of aromatic amines is 1. The predicted octanol–water partition coefficient (Wildman–Crippen LogP) is 2.47. The highest BCUT2D eigenvalue weighted by Gasteiger charge is 2.38. The van der Waals surface area contributed by atoms with Crippen molar-refractivity contribution in [2.24, 2.45) is 0 Å². The molecule has 0 bridgehead atoms. The Bertz CT molecular complexity index is 939. The number of nitrogens with zero attached hydrogens (tertiary/aromatic N) is 3. The molecule has 0 aliphatic carbocycles. The molecular formula is C22H28F6N4O6. The number of piperazine rings is 1. The summed E-state index contributed by atoms with van der Waals surface area (Å²) in [6, 6.07) is 10.2. The number of imidazole rings is 1. The molecule has 3 rings (SSSR count). The number of aliphatic hydroxyl groups is 1. The summed E-state index contributed by atoms with van der Waals surface area (Å²) in [5.74, 6) is -4.58. The Balaban J connectivity index is 0.000000426. The summed E-state index contributed by atoms with van der Waals surface area (Å²) in [4.78, 5) is 30.6. The predicted molar refractivity (Wildman–Crippen MR) is 121 cm³/mol. The van der Waals surface area contributed by atoms with Crippen LogP contribution in [-0.4, -0.2) is 112 Å². The Labute approximate surface area is 213 Å². The molecule has 0 radical (unpaired) electrons. The second kappa shape index (κ2) is 15.9. The zero-order valence-electron chi connectivity index (χ0n) is 20.0. The van der Waals surface area contributed by atoms with Crippen LogP contribution in [0.3, 0.4) is 0 Å². The molecule has 1 aromatic heterocycles. The van der Waals surface area contributed by atoms with Crippen LogP contribution in [0.25, 0.3) is 11.4 Å². The number of carboxylic acids is 2. The standard InChI is InChI=1S/C18H26N4O2.2C2HF3O2/c23-11-13-24-12-10-21-6-8-22(9-7-21)15-17-14-19-18(20-17)16-4-2-1-3-5-16;2*3-2(4,5)1(6)7/h1-5,14,23H,6-13,15H2,(H,19,20);2*(H,6,7). The van der Waals surface area contributed by atoms with Crippen LogP contribution in [0.2, 0.25) is 0 Å². The molecule has 0 amide bonds. The maximum absolute atomic E-state index is 10.6. The van der Waals surface area contributed by atoms with Gasteiger partial charge in [0.2, 0.25) is 0 Å². The smallest absolute Gasteiger partial charge is 0.475 e. The molecule has 1 aliphatic heterocycles. The highest BCUT2D eigenvalue weighted by Crippen LogP contribution is 2.16. The minimum atomic E-state index is -5.08. The van der Waals surface area contributed by atoms with E-state index in [0.717, 1.165) is 56.4 Å². The third-order valence-electron chi connectivity index (χ3n) is 4.81. The quantitative estimate of drug-likeness (QED) is 0.284. The van der Waals surface area contributed by atoms with Crippen LogP contribution in [0, 0.1) is 0 Å². The van der Waals surface area contributed by atoms with Gasteiger partial charge in [-0.3, -0.25) is 9.80 Å². The van der Waals surface area contributed by atoms with Crippen molar-refractivity contribution in [2.45, 2.75) is 18.9 Å². The fourth-order valence-corrected chi connectivity index (χ4v) is 2.95. The number of aliphatic carboxylic acids is 2. The van der Waals surface area contributed by atoms with E-state index in [1.807, 2.05) is 24.4 Å². The summed E-state index contributed by atoms with van der Waals surface area (Å²) in [6.45, 7) is 7.31. The van der Waals surface area contributed by atoms with Crippen molar-refractivity contribution >= 4 is 11.9 Å². The van der Waals surface area contributed by atoms with E-state index < -0.39 is 24.3 Å². The highest BCUT2D eigenvalue weighted by molar-refractivity contribution is 5.73. The van der Waals surface area contributed by atoms with E-state index >= 15 is 0 Å². The molecule has 0 spiro atoms. The number of H-pyrrole nitrogens is 1. The summed E-state index contributed by atoms with van der Waals surface area (Å²) < 4.78 is 68.8. The SMILES string of the molecule is O=C(O)C(F)(F)F.O=C(O)C(F)(F)F.OCCOCCN1CCN(Cc2cnc(-c3ccccc3)[nH]2)CC1. The molecule has 1 saturated heterocycles. The Hall–Kier alpha value is -3.21. The Kier molecular flexibility index (Phi) is 13.7. The molecule has 16 heteroatoms. The lowest BCUT2D eigenvalue weighted by molar-refractivity contribution is -0.193. The molecule has 38 heavy (non-hydrogen) atoms. The summed E-state index contributed by atoms with van der Waals surface area (Å²) in [7, 11) is 0. The lowest BCUT2D eigenvalue weighted by Crippen LogP contribution is -2.46. The van der Waals surface area contributed by atoms with E-state index in [1.165, 1.54) is 0 Å². The van der Waals surface area contributed by atoms with Crippen LogP contribution in [0.5, 0.6) is 0 Å². The van der Waals surface area contributed by atoms with Gasteiger partial charge < -0.3 is 25.0 Å². The third kappa shape index (κ3) is 13.4. The number of carbonyl (C=O) groups is 2. The van der Waals surface area contributed by atoms with Gasteiger partial charge in [0, 0.05) is 56.7 Å². The minimum Gasteiger partial charge on any atom is -0.475 e. The fraction of sp³-hybridized carbons (Fsp3) is 0.500. The van der Waals surface area contributed by atoms with Gasteiger partial charge in [-0.2, -0.15) is 26.3 Å². The van der Waals surface area contributed by atoms with Crippen LogP contribution in [0.15, 0.2) is 36.5 Å². The first kappa shape index (κ1) is 32.8. The van der Waals surface area contributed by atoms with E-state index in [-0.39, 0.29) is 6.61 Å². The van der Waals surface area contributed by atoms with E-state index in [2.05, 4.69) is 31.9 Å².